The van der Waals surface area contributed by atoms with E-state index in [9.17, 15) is 0 Å². The molecule has 1 unspecified atom stereocenters. The van der Waals surface area contributed by atoms with Crippen LogP contribution in [-0.4, -0.2) is 38.7 Å². The molecule has 1 aromatic rings. The molecule has 0 saturated heterocycles. The maximum Gasteiger partial charge on any atom is 0.118 e. The van der Waals surface area contributed by atoms with Gasteiger partial charge in [-0.05, 0) is 43.1 Å². The van der Waals surface area contributed by atoms with Gasteiger partial charge >= 0.3 is 0 Å². The zero-order valence-corrected chi connectivity index (χ0v) is 14.6. The largest absolute Gasteiger partial charge is 0.497 e. The van der Waals surface area contributed by atoms with Crippen LogP contribution in [0.3, 0.4) is 0 Å². The Balaban J connectivity index is 2.74. The van der Waals surface area contributed by atoms with Crippen molar-refractivity contribution in [2.75, 3.05) is 33.8 Å². The summed E-state index contributed by atoms with van der Waals surface area (Å²) in [4.78, 5) is 2.41. The predicted molar refractivity (Wildman–Crippen MR) is 91.0 cm³/mol. The fraction of sp³-hybridized carbons (Fsp3) is 0.667. The summed E-state index contributed by atoms with van der Waals surface area (Å²) in [5.41, 5.74) is 1.65. The van der Waals surface area contributed by atoms with Gasteiger partial charge in [-0.15, -0.1) is 0 Å². The van der Waals surface area contributed by atoms with E-state index in [0.717, 1.165) is 31.8 Å². The summed E-state index contributed by atoms with van der Waals surface area (Å²) in [5.74, 6) is 0.913. The van der Waals surface area contributed by atoms with Crippen LogP contribution in [-0.2, 0) is 0 Å². The Labute approximate surface area is 130 Å². The third kappa shape index (κ3) is 6.96. The van der Waals surface area contributed by atoms with Crippen LogP contribution >= 0.6 is 0 Å². The lowest BCUT2D eigenvalue weighted by Crippen LogP contribution is -2.37. The summed E-state index contributed by atoms with van der Waals surface area (Å²) < 4.78 is 5.25. The molecule has 0 spiro atoms. The van der Waals surface area contributed by atoms with Crippen LogP contribution in [0.25, 0.3) is 0 Å². The van der Waals surface area contributed by atoms with Crippen LogP contribution in [0, 0.1) is 5.41 Å². The normalized spacial score (nSPS) is 13.5. The molecular weight excluding hydrogens is 260 g/mol. The van der Waals surface area contributed by atoms with Crippen molar-refractivity contribution in [1.29, 1.82) is 0 Å². The Morgan fingerprint density at radius 3 is 2.29 bits per heavy atom. The summed E-state index contributed by atoms with van der Waals surface area (Å²) in [6.45, 7) is 12.2. The molecule has 0 saturated carbocycles. The van der Waals surface area contributed by atoms with Gasteiger partial charge in [-0.25, -0.2) is 0 Å². The first-order valence-corrected chi connectivity index (χ1v) is 7.91. The van der Waals surface area contributed by atoms with Gasteiger partial charge in [0.05, 0.1) is 7.11 Å². The molecule has 3 heteroatoms. The predicted octanol–water partition coefficient (Wildman–Crippen LogP) is 3.71. The highest BCUT2D eigenvalue weighted by molar-refractivity contribution is 5.29. The molecule has 120 valence electrons. The molecule has 0 aromatic heterocycles. The molecule has 21 heavy (non-hydrogen) atoms. The Morgan fingerprint density at radius 1 is 1.19 bits per heavy atom. The minimum atomic E-state index is 0.323. The summed E-state index contributed by atoms with van der Waals surface area (Å²) in [6, 6.07) is 8.77. The highest BCUT2D eigenvalue weighted by Crippen LogP contribution is 2.20. The first-order valence-electron chi connectivity index (χ1n) is 7.91. The second-order valence-corrected chi connectivity index (χ2v) is 7.04. The molecule has 1 N–H and O–H groups in total. The summed E-state index contributed by atoms with van der Waals surface area (Å²) in [5, 5.41) is 3.66. The Hall–Kier alpha value is -1.06. The lowest BCUT2D eigenvalue weighted by atomic mass is 9.95. The van der Waals surface area contributed by atoms with Crippen molar-refractivity contribution in [3.63, 3.8) is 0 Å². The van der Waals surface area contributed by atoms with Gasteiger partial charge in [0, 0.05) is 19.1 Å². The van der Waals surface area contributed by atoms with E-state index in [1.165, 1.54) is 5.56 Å². The van der Waals surface area contributed by atoms with Crippen molar-refractivity contribution in [1.82, 2.24) is 10.2 Å². The number of rotatable bonds is 8. The molecule has 0 fully saturated rings. The molecule has 0 aliphatic carbocycles. The van der Waals surface area contributed by atoms with Gasteiger partial charge in [-0.1, -0.05) is 39.8 Å². The van der Waals surface area contributed by atoms with E-state index in [4.69, 9.17) is 4.74 Å². The van der Waals surface area contributed by atoms with E-state index in [-0.39, 0.29) is 0 Å². The molecule has 1 aromatic carbocycles. The number of ether oxygens (including phenoxy) is 1. The number of hydrogen-bond donors (Lipinski definition) is 1. The Bertz CT molecular complexity index is 395. The molecule has 1 atom stereocenters. The molecule has 0 radical (unpaired) electrons. The topological polar surface area (TPSA) is 24.5 Å². The number of methoxy groups -OCH3 is 1. The van der Waals surface area contributed by atoms with Gasteiger partial charge < -0.3 is 15.0 Å². The lowest BCUT2D eigenvalue weighted by Gasteiger charge is -2.30. The van der Waals surface area contributed by atoms with Crippen molar-refractivity contribution >= 4 is 0 Å². The summed E-state index contributed by atoms with van der Waals surface area (Å²) in [6.07, 6.45) is 1.15. The summed E-state index contributed by atoms with van der Waals surface area (Å²) >= 11 is 0. The van der Waals surface area contributed by atoms with Crippen LogP contribution in [0.5, 0.6) is 5.75 Å². The van der Waals surface area contributed by atoms with Gasteiger partial charge in [-0.2, -0.15) is 0 Å². The van der Waals surface area contributed by atoms with Gasteiger partial charge in [0.2, 0.25) is 0 Å². The average molecular weight is 292 g/mol. The second kappa shape index (κ2) is 8.40. The smallest absolute Gasteiger partial charge is 0.118 e. The average Bonchev–Trinajstić information content (AvgIpc) is 2.41. The van der Waals surface area contributed by atoms with E-state index in [0.29, 0.717) is 11.5 Å². The molecular formula is C18H32N2O. The van der Waals surface area contributed by atoms with E-state index < -0.39 is 0 Å². The zero-order valence-electron chi connectivity index (χ0n) is 14.6. The second-order valence-electron chi connectivity index (χ2n) is 7.04. The Morgan fingerprint density at radius 2 is 1.81 bits per heavy atom. The maximum atomic E-state index is 5.25. The van der Waals surface area contributed by atoms with Crippen molar-refractivity contribution in [2.45, 2.75) is 40.2 Å². The fourth-order valence-electron chi connectivity index (χ4n) is 2.63. The van der Waals surface area contributed by atoms with Gasteiger partial charge in [0.1, 0.15) is 5.75 Å². The molecule has 0 aliphatic rings. The zero-order chi connectivity index (χ0) is 15.9. The highest BCUT2D eigenvalue weighted by Gasteiger charge is 2.18. The van der Waals surface area contributed by atoms with Crippen molar-refractivity contribution in [2.24, 2.45) is 5.41 Å². The minimum Gasteiger partial charge on any atom is -0.497 e. The standard InChI is InChI=1S/C18H32N2O/c1-7-12-19-17(13-20(5)14-18(2,3)4)15-8-10-16(21-6)11-9-15/h8-11,17,19H,7,12-14H2,1-6H3. The maximum absolute atomic E-state index is 5.25. The quantitative estimate of drug-likeness (QED) is 0.790. The number of hydrogen-bond acceptors (Lipinski definition) is 3. The monoisotopic (exact) mass is 292 g/mol. The highest BCUT2D eigenvalue weighted by atomic mass is 16.5. The molecule has 1 rings (SSSR count). The first-order chi connectivity index (χ1) is 9.85. The molecule has 0 aliphatic heterocycles. The number of benzene rings is 1. The number of nitrogens with one attached hydrogen (secondary N) is 1. The molecule has 0 amide bonds. The SMILES string of the molecule is CCCNC(CN(C)CC(C)(C)C)c1ccc(OC)cc1. The van der Waals surface area contributed by atoms with Crippen LogP contribution in [0.4, 0.5) is 0 Å². The van der Waals surface area contributed by atoms with E-state index in [1.54, 1.807) is 7.11 Å². The number of likely N-dealkylation sites (N-methyl/N-ethyl adjacent to an activating group) is 1. The van der Waals surface area contributed by atoms with Crippen molar-refractivity contribution < 1.29 is 4.74 Å². The van der Waals surface area contributed by atoms with Crippen LogP contribution in [0.1, 0.15) is 45.7 Å². The van der Waals surface area contributed by atoms with Crippen LogP contribution in [0.15, 0.2) is 24.3 Å². The van der Waals surface area contributed by atoms with Gasteiger partial charge in [0.25, 0.3) is 0 Å². The molecule has 0 bridgehead atoms. The third-order valence-electron chi connectivity index (χ3n) is 3.40. The van der Waals surface area contributed by atoms with Gasteiger partial charge in [0.15, 0.2) is 0 Å². The number of nitrogens with zero attached hydrogens (tertiary/aromatic N) is 1. The van der Waals surface area contributed by atoms with Crippen LogP contribution in [0.2, 0.25) is 0 Å². The molecule has 3 nitrogen and oxygen atoms in total. The van der Waals surface area contributed by atoms with Crippen molar-refractivity contribution in [3.05, 3.63) is 29.8 Å². The first kappa shape index (κ1) is 18.0. The van der Waals surface area contributed by atoms with Crippen LogP contribution < -0.4 is 10.1 Å². The lowest BCUT2D eigenvalue weighted by molar-refractivity contribution is 0.208. The van der Waals surface area contributed by atoms with E-state index in [2.05, 4.69) is 57.1 Å². The minimum absolute atomic E-state index is 0.323. The third-order valence-corrected chi connectivity index (χ3v) is 3.40. The van der Waals surface area contributed by atoms with E-state index in [1.807, 2.05) is 12.1 Å². The van der Waals surface area contributed by atoms with Crippen molar-refractivity contribution in [3.8, 4) is 5.75 Å². The molecule has 0 heterocycles. The fourth-order valence-corrected chi connectivity index (χ4v) is 2.63. The Kier molecular flexibility index (Phi) is 7.20. The van der Waals surface area contributed by atoms with E-state index >= 15 is 0 Å². The van der Waals surface area contributed by atoms with Gasteiger partial charge in [-0.3, -0.25) is 0 Å². The summed E-state index contributed by atoms with van der Waals surface area (Å²) in [7, 11) is 3.91.